The van der Waals surface area contributed by atoms with Crippen LogP contribution < -0.4 is 5.73 Å². The van der Waals surface area contributed by atoms with E-state index in [4.69, 9.17) is 5.73 Å². The van der Waals surface area contributed by atoms with Gasteiger partial charge in [0.15, 0.2) is 0 Å². The highest BCUT2D eigenvalue weighted by Crippen LogP contribution is 2.24. The molecular formula is C12H15N3. The van der Waals surface area contributed by atoms with E-state index in [1.807, 2.05) is 17.8 Å². The maximum Gasteiger partial charge on any atom is 0.146 e. The summed E-state index contributed by atoms with van der Waals surface area (Å²) in [5.41, 5.74) is 10.4. The Hall–Kier alpha value is -1.77. The van der Waals surface area contributed by atoms with Crippen LogP contribution in [0.1, 0.15) is 11.1 Å². The number of aromatic nitrogens is 2. The second kappa shape index (κ2) is 3.42. The third kappa shape index (κ3) is 1.73. The third-order valence-corrected chi connectivity index (χ3v) is 2.56. The van der Waals surface area contributed by atoms with Crippen molar-refractivity contribution in [3.63, 3.8) is 0 Å². The van der Waals surface area contributed by atoms with Crippen molar-refractivity contribution in [1.82, 2.24) is 9.78 Å². The Morgan fingerprint density at radius 1 is 1.20 bits per heavy atom. The summed E-state index contributed by atoms with van der Waals surface area (Å²) in [6.07, 6.45) is 0. The van der Waals surface area contributed by atoms with E-state index in [9.17, 15) is 0 Å². The van der Waals surface area contributed by atoms with Crippen LogP contribution in [0.3, 0.4) is 0 Å². The molecule has 2 rings (SSSR count). The lowest BCUT2D eigenvalue weighted by molar-refractivity contribution is 0.780. The fourth-order valence-electron chi connectivity index (χ4n) is 1.84. The van der Waals surface area contributed by atoms with Crippen LogP contribution in [0.2, 0.25) is 0 Å². The van der Waals surface area contributed by atoms with Gasteiger partial charge in [-0.05, 0) is 19.4 Å². The van der Waals surface area contributed by atoms with Crippen molar-refractivity contribution in [1.29, 1.82) is 0 Å². The predicted molar refractivity (Wildman–Crippen MR) is 62.5 cm³/mol. The van der Waals surface area contributed by atoms with Gasteiger partial charge in [-0.3, -0.25) is 4.68 Å². The van der Waals surface area contributed by atoms with Gasteiger partial charge in [0.2, 0.25) is 0 Å². The maximum atomic E-state index is 5.66. The topological polar surface area (TPSA) is 43.8 Å². The lowest BCUT2D eigenvalue weighted by atomic mass is 10.0. The van der Waals surface area contributed by atoms with Crippen LogP contribution in [0.4, 0.5) is 5.82 Å². The van der Waals surface area contributed by atoms with Crippen LogP contribution in [0.5, 0.6) is 0 Å². The van der Waals surface area contributed by atoms with Crippen LogP contribution >= 0.6 is 0 Å². The van der Waals surface area contributed by atoms with E-state index < -0.39 is 0 Å². The average molecular weight is 201 g/mol. The van der Waals surface area contributed by atoms with Crippen LogP contribution in [0, 0.1) is 13.8 Å². The van der Waals surface area contributed by atoms with E-state index >= 15 is 0 Å². The molecule has 0 spiro atoms. The van der Waals surface area contributed by atoms with E-state index in [0.29, 0.717) is 5.82 Å². The zero-order chi connectivity index (χ0) is 11.0. The second-order valence-electron chi connectivity index (χ2n) is 3.90. The van der Waals surface area contributed by atoms with Crippen LogP contribution in [-0.4, -0.2) is 9.78 Å². The molecule has 0 unspecified atom stereocenters. The Bertz CT molecular complexity index is 498. The summed E-state index contributed by atoms with van der Waals surface area (Å²) in [6, 6.07) is 8.28. The highest BCUT2D eigenvalue weighted by molar-refractivity contribution is 5.66. The molecule has 78 valence electrons. The maximum absolute atomic E-state index is 5.66. The van der Waals surface area contributed by atoms with Crippen molar-refractivity contribution in [3.8, 4) is 11.3 Å². The molecule has 2 N–H and O–H groups in total. The molecule has 1 aromatic heterocycles. The van der Waals surface area contributed by atoms with E-state index in [1.165, 1.54) is 16.7 Å². The van der Waals surface area contributed by atoms with Crippen molar-refractivity contribution in [3.05, 3.63) is 35.4 Å². The number of anilines is 1. The molecule has 1 aromatic carbocycles. The van der Waals surface area contributed by atoms with Crippen LogP contribution in [0.25, 0.3) is 11.3 Å². The van der Waals surface area contributed by atoms with Crippen LogP contribution in [0.15, 0.2) is 24.3 Å². The molecule has 0 saturated heterocycles. The highest BCUT2D eigenvalue weighted by atomic mass is 15.3. The molecule has 3 heteroatoms. The summed E-state index contributed by atoms with van der Waals surface area (Å²) < 4.78 is 1.81. The van der Waals surface area contributed by atoms with Gasteiger partial charge in [0.25, 0.3) is 0 Å². The van der Waals surface area contributed by atoms with Crippen molar-refractivity contribution >= 4 is 5.82 Å². The molecule has 0 aliphatic heterocycles. The zero-order valence-corrected chi connectivity index (χ0v) is 9.28. The number of rotatable bonds is 1. The molecule has 0 saturated carbocycles. The largest absolute Gasteiger partial charge is 0.382 e. The molecule has 0 aliphatic carbocycles. The SMILES string of the molecule is Cc1ccc(-c2cc(N)nn2C)c(C)c1. The van der Waals surface area contributed by atoms with Gasteiger partial charge < -0.3 is 5.73 Å². The van der Waals surface area contributed by atoms with Gasteiger partial charge in [-0.15, -0.1) is 0 Å². The summed E-state index contributed by atoms with van der Waals surface area (Å²) in [7, 11) is 1.91. The van der Waals surface area contributed by atoms with Gasteiger partial charge >= 0.3 is 0 Å². The summed E-state index contributed by atoms with van der Waals surface area (Å²) in [5.74, 6) is 0.562. The normalized spacial score (nSPS) is 10.6. The first kappa shape index (κ1) is 9.77. The molecule has 0 bridgehead atoms. The molecular weight excluding hydrogens is 186 g/mol. The Kier molecular flexibility index (Phi) is 2.23. The Labute approximate surface area is 89.5 Å². The number of hydrogen-bond acceptors (Lipinski definition) is 2. The molecule has 0 fully saturated rings. The molecule has 0 radical (unpaired) electrons. The van der Waals surface area contributed by atoms with Crippen molar-refractivity contribution in [2.75, 3.05) is 5.73 Å². The fourth-order valence-corrected chi connectivity index (χ4v) is 1.84. The van der Waals surface area contributed by atoms with Gasteiger partial charge in [0, 0.05) is 18.7 Å². The molecule has 0 aliphatic rings. The monoisotopic (exact) mass is 201 g/mol. The minimum Gasteiger partial charge on any atom is -0.382 e. The van der Waals surface area contributed by atoms with Gasteiger partial charge in [0.05, 0.1) is 5.69 Å². The lowest BCUT2D eigenvalue weighted by Gasteiger charge is -2.06. The van der Waals surface area contributed by atoms with Crippen molar-refractivity contribution in [2.45, 2.75) is 13.8 Å². The number of nitrogens with zero attached hydrogens (tertiary/aromatic N) is 2. The van der Waals surface area contributed by atoms with Crippen LogP contribution in [-0.2, 0) is 7.05 Å². The third-order valence-electron chi connectivity index (χ3n) is 2.56. The molecule has 0 amide bonds. The minimum absolute atomic E-state index is 0.562. The molecule has 3 nitrogen and oxygen atoms in total. The highest BCUT2D eigenvalue weighted by Gasteiger charge is 2.07. The summed E-state index contributed by atoms with van der Waals surface area (Å²) in [6.45, 7) is 4.19. The number of benzene rings is 1. The molecule has 1 heterocycles. The fraction of sp³-hybridized carbons (Fsp3) is 0.250. The van der Waals surface area contributed by atoms with Crippen molar-refractivity contribution in [2.24, 2.45) is 7.05 Å². The minimum atomic E-state index is 0.562. The van der Waals surface area contributed by atoms with Gasteiger partial charge in [-0.25, -0.2) is 0 Å². The number of nitrogen functional groups attached to an aromatic ring is 1. The Morgan fingerprint density at radius 3 is 2.47 bits per heavy atom. The van der Waals surface area contributed by atoms with E-state index in [-0.39, 0.29) is 0 Å². The zero-order valence-electron chi connectivity index (χ0n) is 9.28. The smallest absolute Gasteiger partial charge is 0.146 e. The lowest BCUT2D eigenvalue weighted by Crippen LogP contribution is -1.96. The summed E-state index contributed by atoms with van der Waals surface area (Å²) in [4.78, 5) is 0. The van der Waals surface area contributed by atoms with Gasteiger partial charge in [0.1, 0.15) is 5.82 Å². The second-order valence-corrected chi connectivity index (χ2v) is 3.90. The molecule has 2 aromatic rings. The summed E-state index contributed by atoms with van der Waals surface area (Å²) in [5, 5.41) is 4.15. The Balaban J connectivity index is 2.59. The van der Waals surface area contributed by atoms with E-state index in [2.05, 4.69) is 37.1 Å². The van der Waals surface area contributed by atoms with E-state index in [1.54, 1.807) is 0 Å². The van der Waals surface area contributed by atoms with E-state index in [0.717, 1.165) is 5.69 Å². The first-order valence-electron chi connectivity index (χ1n) is 4.95. The van der Waals surface area contributed by atoms with Gasteiger partial charge in [-0.2, -0.15) is 5.10 Å². The average Bonchev–Trinajstić information content (AvgIpc) is 2.45. The molecule has 0 atom stereocenters. The Morgan fingerprint density at radius 2 is 1.93 bits per heavy atom. The van der Waals surface area contributed by atoms with Gasteiger partial charge in [-0.1, -0.05) is 23.8 Å². The number of hydrogen-bond donors (Lipinski definition) is 1. The first-order valence-corrected chi connectivity index (χ1v) is 4.95. The summed E-state index contributed by atoms with van der Waals surface area (Å²) >= 11 is 0. The number of aryl methyl sites for hydroxylation is 3. The molecule has 15 heavy (non-hydrogen) atoms. The quantitative estimate of drug-likeness (QED) is 0.769. The standard InChI is InChI=1S/C12H15N3/c1-8-4-5-10(9(2)6-8)11-7-12(13)14-15(11)3/h4-7H,1-3H3,(H2,13,14). The predicted octanol–water partition coefficient (Wildman–Crippen LogP) is 2.29. The number of nitrogens with two attached hydrogens (primary N) is 1. The van der Waals surface area contributed by atoms with Crippen molar-refractivity contribution < 1.29 is 0 Å². The first-order chi connectivity index (χ1) is 7.08.